The summed E-state index contributed by atoms with van der Waals surface area (Å²) in [4.78, 5) is 11.3. The van der Waals surface area contributed by atoms with Gasteiger partial charge in [0.25, 0.3) is 0 Å². The third-order valence-corrected chi connectivity index (χ3v) is 2.76. The topological polar surface area (TPSA) is 26.3 Å². The Morgan fingerprint density at radius 2 is 2.20 bits per heavy atom. The highest BCUT2D eigenvalue weighted by Crippen LogP contribution is 2.27. The lowest BCUT2D eigenvalue weighted by atomic mass is 10.1. The SMILES string of the molecule is CC(C)C(=O)COc1ccc(Cl)cc1Br. The van der Waals surface area contributed by atoms with Gasteiger partial charge in [-0.3, -0.25) is 4.79 Å². The molecule has 15 heavy (non-hydrogen) atoms. The average molecular weight is 292 g/mol. The zero-order chi connectivity index (χ0) is 11.4. The van der Waals surface area contributed by atoms with E-state index in [1.54, 1.807) is 18.2 Å². The minimum Gasteiger partial charge on any atom is -0.485 e. The van der Waals surface area contributed by atoms with E-state index in [0.29, 0.717) is 10.8 Å². The third-order valence-electron chi connectivity index (χ3n) is 1.91. The molecule has 1 aromatic carbocycles. The smallest absolute Gasteiger partial charge is 0.172 e. The lowest BCUT2D eigenvalue weighted by Crippen LogP contribution is -2.16. The zero-order valence-corrected chi connectivity index (χ0v) is 10.9. The Kier molecular flexibility index (Phi) is 4.61. The highest BCUT2D eigenvalue weighted by atomic mass is 79.9. The van der Waals surface area contributed by atoms with E-state index >= 15 is 0 Å². The van der Waals surface area contributed by atoms with Crippen molar-refractivity contribution in [1.29, 1.82) is 0 Å². The molecule has 0 radical (unpaired) electrons. The molecule has 1 aromatic rings. The molecule has 0 heterocycles. The van der Waals surface area contributed by atoms with Gasteiger partial charge in [-0.1, -0.05) is 25.4 Å². The first kappa shape index (κ1) is 12.5. The van der Waals surface area contributed by atoms with Crippen LogP contribution in [-0.4, -0.2) is 12.4 Å². The van der Waals surface area contributed by atoms with E-state index in [1.165, 1.54) is 0 Å². The Bertz CT molecular complexity index is 364. The predicted octanol–water partition coefficient (Wildman–Crippen LogP) is 3.71. The molecule has 0 amide bonds. The molecule has 0 N–H and O–H groups in total. The van der Waals surface area contributed by atoms with Crippen LogP contribution < -0.4 is 4.74 Å². The maximum absolute atomic E-state index is 11.3. The highest BCUT2D eigenvalue weighted by molar-refractivity contribution is 9.10. The summed E-state index contributed by atoms with van der Waals surface area (Å²) >= 11 is 9.09. The van der Waals surface area contributed by atoms with Crippen LogP contribution in [0.3, 0.4) is 0 Å². The average Bonchev–Trinajstić information content (AvgIpc) is 2.15. The molecule has 0 unspecified atom stereocenters. The fourth-order valence-electron chi connectivity index (χ4n) is 0.908. The Morgan fingerprint density at radius 3 is 2.73 bits per heavy atom. The Balaban J connectivity index is 2.62. The van der Waals surface area contributed by atoms with Crippen LogP contribution in [0, 0.1) is 5.92 Å². The summed E-state index contributed by atoms with van der Waals surface area (Å²) in [6.45, 7) is 3.79. The molecule has 0 aliphatic heterocycles. The Hall–Kier alpha value is -0.540. The minimum atomic E-state index is -0.00363. The summed E-state index contributed by atoms with van der Waals surface area (Å²) in [5.41, 5.74) is 0. The van der Waals surface area contributed by atoms with Crippen molar-refractivity contribution in [2.75, 3.05) is 6.61 Å². The van der Waals surface area contributed by atoms with Gasteiger partial charge in [0.15, 0.2) is 5.78 Å². The van der Waals surface area contributed by atoms with Crippen molar-refractivity contribution >= 4 is 33.3 Å². The van der Waals surface area contributed by atoms with Crippen molar-refractivity contribution in [3.8, 4) is 5.75 Å². The van der Waals surface area contributed by atoms with E-state index in [4.69, 9.17) is 16.3 Å². The van der Waals surface area contributed by atoms with Gasteiger partial charge in [-0.05, 0) is 34.1 Å². The first-order valence-electron chi connectivity index (χ1n) is 4.61. The van der Waals surface area contributed by atoms with Gasteiger partial charge < -0.3 is 4.74 Å². The van der Waals surface area contributed by atoms with Gasteiger partial charge in [0.05, 0.1) is 4.47 Å². The lowest BCUT2D eigenvalue weighted by Gasteiger charge is -2.09. The monoisotopic (exact) mass is 290 g/mol. The summed E-state index contributed by atoms with van der Waals surface area (Å²) in [7, 11) is 0. The summed E-state index contributed by atoms with van der Waals surface area (Å²) < 4.78 is 6.12. The molecule has 0 bridgehead atoms. The molecular formula is C11H12BrClO2. The van der Waals surface area contributed by atoms with Crippen molar-refractivity contribution in [3.63, 3.8) is 0 Å². The van der Waals surface area contributed by atoms with Crippen molar-refractivity contribution in [1.82, 2.24) is 0 Å². The summed E-state index contributed by atoms with van der Waals surface area (Å²) in [6, 6.07) is 5.19. The number of Topliss-reactive ketones (excluding diaryl/α,β-unsaturated/α-hetero) is 1. The van der Waals surface area contributed by atoms with E-state index < -0.39 is 0 Å². The van der Waals surface area contributed by atoms with Crippen LogP contribution in [-0.2, 0) is 4.79 Å². The van der Waals surface area contributed by atoms with E-state index in [2.05, 4.69) is 15.9 Å². The van der Waals surface area contributed by atoms with Gasteiger partial charge in [-0.2, -0.15) is 0 Å². The second kappa shape index (κ2) is 5.52. The van der Waals surface area contributed by atoms with Crippen LogP contribution in [0.15, 0.2) is 22.7 Å². The number of benzene rings is 1. The van der Waals surface area contributed by atoms with E-state index in [0.717, 1.165) is 4.47 Å². The van der Waals surface area contributed by atoms with Gasteiger partial charge in [0, 0.05) is 10.9 Å². The van der Waals surface area contributed by atoms with E-state index in [1.807, 2.05) is 13.8 Å². The first-order valence-corrected chi connectivity index (χ1v) is 5.78. The molecule has 0 aliphatic carbocycles. The van der Waals surface area contributed by atoms with Crippen molar-refractivity contribution in [2.45, 2.75) is 13.8 Å². The van der Waals surface area contributed by atoms with Crippen LogP contribution in [0.1, 0.15) is 13.8 Å². The van der Waals surface area contributed by atoms with Crippen molar-refractivity contribution in [3.05, 3.63) is 27.7 Å². The molecule has 0 fully saturated rings. The lowest BCUT2D eigenvalue weighted by molar-refractivity contribution is -0.123. The fraction of sp³-hybridized carbons (Fsp3) is 0.364. The van der Waals surface area contributed by atoms with Gasteiger partial charge >= 0.3 is 0 Å². The Morgan fingerprint density at radius 1 is 1.53 bits per heavy atom. The second-order valence-electron chi connectivity index (χ2n) is 3.48. The summed E-state index contributed by atoms with van der Waals surface area (Å²) in [6.07, 6.45) is 0. The molecule has 0 aromatic heterocycles. The first-order chi connectivity index (χ1) is 7.00. The number of hydrogen-bond donors (Lipinski definition) is 0. The number of ketones is 1. The second-order valence-corrected chi connectivity index (χ2v) is 4.78. The van der Waals surface area contributed by atoms with Gasteiger partial charge in [-0.15, -0.1) is 0 Å². The normalized spacial score (nSPS) is 10.5. The number of ether oxygens (including phenoxy) is 1. The molecule has 0 saturated heterocycles. The van der Waals surface area contributed by atoms with Crippen LogP contribution in [0.2, 0.25) is 5.02 Å². The summed E-state index contributed by atoms with van der Waals surface area (Å²) in [5.74, 6) is 0.710. The molecule has 2 nitrogen and oxygen atoms in total. The van der Waals surface area contributed by atoms with E-state index in [-0.39, 0.29) is 18.3 Å². The number of rotatable bonds is 4. The number of halogens is 2. The quantitative estimate of drug-likeness (QED) is 0.845. The fourth-order valence-corrected chi connectivity index (χ4v) is 1.70. The zero-order valence-electron chi connectivity index (χ0n) is 8.59. The van der Waals surface area contributed by atoms with Crippen molar-refractivity contribution in [2.24, 2.45) is 5.92 Å². The largest absolute Gasteiger partial charge is 0.485 e. The van der Waals surface area contributed by atoms with Crippen molar-refractivity contribution < 1.29 is 9.53 Å². The maximum Gasteiger partial charge on any atom is 0.172 e. The molecular weight excluding hydrogens is 279 g/mol. The highest BCUT2D eigenvalue weighted by Gasteiger charge is 2.09. The van der Waals surface area contributed by atoms with Crippen LogP contribution in [0.25, 0.3) is 0 Å². The molecule has 1 rings (SSSR count). The summed E-state index contributed by atoms with van der Waals surface area (Å²) in [5, 5.41) is 0.629. The van der Waals surface area contributed by atoms with Gasteiger partial charge in [0.2, 0.25) is 0 Å². The number of hydrogen-bond acceptors (Lipinski definition) is 2. The van der Waals surface area contributed by atoms with Crippen LogP contribution >= 0.6 is 27.5 Å². The predicted molar refractivity (Wildman–Crippen MR) is 64.5 cm³/mol. The van der Waals surface area contributed by atoms with Crippen LogP contribution in [0.5, 0.6) is 5.75 Å². The molecule has 0 saturated carbocycles. The third kappa shape index (κ3) is 3.84. The molecule has 82 valence electrons. The number of carbonyl (C=O) groups is 1. The van der Waals surface area contributed by atoms with Crippen LogP contribution in [0.4, 0.5) is 0 Å². The molecule has 0 aliphatic rings. The number of carbonyl (C=O) groups excluding carboxylic acids is 1. The minimum absolute atomic E-state index is 0.00363. The van der Waals surface area contributed by atoms with Gasteiger partial charge in [0.1, 0.15) is 12.4 Å². The van der Waals surface area contributed by atoms with Gasteiger partial charge in [-0.25, -0.2) is 0 Å². The molecule has 0 atom stereocenters. The molecule has 4 heteroatoms. The molecule has 0 spiro atoms. The van der Waals surface area contributed by atoms with E-state index in [9.17, 15) is 4.79 Å². The Labute approximate surface area is 103 Å². The maximum atomic E-state index is 11.3. The standard InChI is InChI=1S/C11H12BrClO2/c1-7(2)10(14)6-15-11-4-3-8(13)5-9(11)12/h3-5,7H,6H2,1-2H3.